The van der Waals surface area contributed by atoms with Gasteiger partial charge in [-0.3, -0.25) is 4.79 Å². The van der Waals surface area contributed by atoms with E-state index in [0.29, 0.717) is 0 Å². The van der Waals surface area contributed by atoms with E-state index in [0.717, 1.165) is 50.2 Å². The van der Waals surface area contributed by atoms with Gasteiger partial charge < -0.3 is 15.4 Å². The lowest BCUT2D eigenvalue weighted by Crippen LogP contribution is -2.37. The Morgan fingerprint density at radius 2 is 2.35 bits per heavy atom. The SMILES string of the molecule is CCCCNC(=O)C(C)Oc1cccc2c1CCCN2. The van der Waals surface area contributed by atoms with E-state index in [1.54, 1.807) is 6.92 Å². The monoisotopic (exact) mass is 276 g/mol. The molecule has 0 bridgehead atoms. The molecule has 1 unspecified atom stereocenters. The summed E-state index contributed by atoms with van der Waals surface area (Å²) < 4.78 is 5.85. The molecule has 4 heteroatoms. The zero-order valence-corrected chi connectivity index (χ0v) is 12.4. The lowest BCUT2D eigenvalue weighted by atomic mass is 10.0. The first-order valence-electron chi connectivity index (χ1n) is 7.52. The summed E-state index contributed by atoms with van der Waals surface area (Å²) in [5, 5.41) is 6.27. The van der Waals surface area contributed by atoms with Crippen LogP contribution in [0.2, 0.25) is 0 Å². The van der Waals surface area contributed by atoms with Crippen molar-refractivity contribution in [2.75, 3.05) is 18.4 Å². The van der Waals surface area contributed by atoms with Crippen molar-refractivity contribution in [3.63, 3.8) is 0 Å². The second-order valence-corrected chi connectivity index (χ2v) is 5.22. The fourth-order valence-corrected chi connectivity index (χ4v) is 2.36. The molecule has 0 radical (unpaired) electrons. The Bertz CT molecular complexity index is 460. The molecule has 1 heterocycles. The third kappa shape index (κ3) is 3.65. The van der Waals surface area contributed by atoms with Gasteiger partial charge in [0.1, 0.15) is 5.75 Å². The third-order valence-electron chi connectivity index (χ3n) is 3.55. The van der Waals surface area contributed by atoms with Crippen LogP contribution in [0.1, 0.15) is 38.7 Å². The molecule has 2 N–H and O–H groups in total. The van der Waals surface area contributed by atoms with Gasteiger partial charge in [0.15, 0.2) is 6.10 Å². The lowest BCUT2D eigenvalue weighted by Gasteiger charge is -2.23. The molecule has 0 aliphatic carbocycles. The van der Waals surface area contributed by atoms with E-state index in [1.807, 2.05) is 12.1 Å². The van der Waals surface area contributed by atoms with E-state index in [2.05, 4.69) is 23.6 Å². The Morgan fingerprint density at radius 1 is 1.50 bits per heavy atom. The Morgan fingerprint density at radius 3 is 3.15 bits per heavy atom. The van der Waals surface area contributed by atoms with E-state index in [9.17, 15) is 4.79 Å². The molecule has 0 spiro atoms. The highest BCUT2D eigenvalue weighted by molar-refractivity contribution is 5.80. The van der Waals surface area contributed by atoms with Crippen LogP contribution in [-0.2, 0) is 11.2 Å². The summed E-state index contributed by atoms with van der Waals surface area (Å²) in [7, 11) is 0. The fourth-order valence-electron chi connectivity index (χ4n) is 2.36. The first-order chi connectivity index (χ1) is 9.72. The van der Waals surface area contributed by atoms with Crippen molar-refractivity contribution in [3.8, 4) is 5.75 Å². The zero-order chi connectivity index (χ0) is 14.4. The number of carbonyl (C=O) groups is 1. The fraction of sp³-hybridized carbons (Fsp3) is 0.562. The highest BCUT2D eigenvalue weighted by Crippen LogP contribution is 2.31. The Kier molecular flexibility index (Phi) is 5.27. The van der Waals surface area contributed by atoms with Gasteiger partial charge in [0.2, 0.25) is 0 Å². The van der Waals surface area contributed by atoms with Gasteiger partial charge >= 0.3 is 0 Å². The minimum absolute atomic E-state index is 0.0418. The van der Waals surface area contributed by atoms with Crippen molar-refractivity contribution >= 4 is 11.6 Å². The summed E-state index contributed by atoms with van der Waals surface area (Å²) in [4.78, 5) is 11.9. The molecule has 0 aromatic heterocycles. The molecule has 1 atom stereocenters. The molecule has 1 aliphatic rings. The number of hydrogen-bond donors (Lipinski definition) is 2. The normalized spacial score (nSPS) is 14.9. The van der Waals surface area contributed by atoms with Crippen LogP contribution in [0.4, 0.5) is 5.69 Å². The Labute approximate surface area is 120 Å². The number of ether oxygens (including phenoxy) is 1. The van der Waals surface area contributed by atoms with Crippen molar-refractivity contribution in [1.82, 2.24) is 5.32 Å². The summed E-state index contributed by atoms with van der Waals surface area (Å²) in [5.74, 6) is 0.785. The van der Waals surface area contributed by atoms with Gasteiger partial charge in [-0.25, -0.2) is 0 Å². The van der Waals surface area contributed by atoms with E-state index in [-0.39, 0.29) is 5.91 Å². The van der Waals surface area contributed by atoms with Gasteiger partial charge in [0, 0.05) is 24.3 Å². The number of rotatable bonds is 6. The highest BCUT2D eigenvalue weighted by atomic mass is 16.5. The quantitative estimate of drug-likeness (QED) is 0.785. The number of nitrogens with one attached hydrogen (secondary N) is 2. The van der Waals surface area contributed by atoms with Crippen LogP contribution in [-0.4, -0.2) is 25.1 Å². The van der Waals surface area contributed by atoms with Crippen LogP contribution >= 0.6 is 0 Å². The number of unbranched alkanes of at least 4 members (excludes halogenated alkanes) is 1. The number of amides is 1. The largest absolute Gasteiger partial charge is 0.481 e. The summed E-state index contributed by atoms with van der Waals surface area (Å²) in [6, 6.07) is 5.98. The second kappa shape index (κ2) is 7.17. The van der Waals surface area contributed by atoms with Crippen molar-refractivity contribution in [2.45, 2.75) is 45.6 Å². The van der Waals surface area contributed by atoms with E-state index < -0.39 is 6.10 Å². The molecule has 110 valence electrons. The maximum absolute atomic E-state index is 11.9. The van der Waals surface area contributed by atoms with Crippen LogP contribution in [0.3, 0.4) is 0 Å². The summed E-state index contributed by atoms with van der Waals surface area (Å²) >= 11 is 0. The molecule has 4 nitrogen and oxygen atoms in total. The van der Waals surface area contributed by atoms with Crippen LogP contribution in [0.25, 0.3) is 0 Å². The predicted octanol–water partition coefficient (Wildman–Crippen LogP) is 2.73. The van der Waals surface area contributed by atoms with Crippen LogP contribution in [0.15, 0.2) is 18.2 Å². The Balaban J connectivity index is 1.97. The molecule has 1 aliphatic heterocycles. The van der Waals surface area contributed by atoms with Crippen molar-refractivity contribution in [1.29, 1.82) is 0 Å². The van der Waals surface area contributed by atoms with Gasteiger partial charge in [-0.1, -0.05) is 19.4 Å². The number of benzene rings is 1. The molecule has 0 saturated heterocycles. The van der Waals surface area contributed by atoms with Crippen LogP contribution < -0.4 is 15.4 Å². The smallest absolute Gasteiger partial charge is 0.260 e. The van der Waals surface area contributed by atoms with Crippen LogP contribution in [0.5, 0.6) is 5.75 Å². The van der Waals surface area contributed by atoms with E-state index in [1.165, 1.54) is 5.56 Å². The summed E-state index contributed by atoms with van der Waals surface area (Å²) in [5.41, 5.74) is 2.32. The average Bonchev–Trinajstić information content (AvgIpc) is 2.47. The van der Waals surface area contributed by atoms with E-state index >= 15 is 0 Å². The van der Waals surface area contributed by atoms with Crippen molar-refractivity contribution < 1.29 is 9.53 Å². The molecule has 2 rings (SSSR count). The number of carbonyl (C=O) groups excluding carboxylic acids is 1. The summed E-state index contributed by atoms with van der Waals surface area (Å²) in [6.07, 6.45) is 3.73. The van der Waals surface area contributed by atoms with E-state index in [4.69, 9.17) is 4.74 Å². The van der Waals surface area contributed by atoms with Gasteiger partial charge in [0.25, 0.3) is 5.91 Å². The first-order valence-corrected chi connectivity index (χ1v) is 7.52. The second-order valence-electron chi connectivity index (χ2n) is 5.22. The number of fused-ring (bicyclic) bond motifs is 1. The zero-order valence-electron chi connectivity index (χ0n) is 12.4. The van der Waals surface area contributed by atoms with Crippen molar-refractivity contribution in [2.24, 2.45) is 0 Å². The van der Waals surface area contributed by atoms with Crippen molar-refractivity contribution in [3.05, 3.63) is 23.8 Å². The molecule has 1 aromatic carbocycles. The number of hydrogen-bond acceptors (Lipinski definition) is 3. The van der Waals surface area contributed by atoms with Gasteiger partial charge in [0.05, 0.1) is 0 Å². The van der Waals surface area contributed by atoms with Crippen LogP contribution in [0, 0.1) is 0 Å². The average molecular weight is 276 g/mol. The standard InChI is InChI=1S/C16H24N2O2/c1-3-4-10-18-16(19)12(2)20-15-9-5-8-14-13(15)7-6-11-17-14/h5,8-9,12,17H,3-4,6-7,10-11H2,1-2H3,(H,18,19). The first kappa shape index (κ1) is 14.7. The maximum Gasteiger partial charge on any atom is 0.260 e. The molecule has 1 amide bonds. The van der Waals surface area contributed by atoms with Gasteiger partial charge in [-0.15, -0.1) is 0 Å². The molecular weight excluding hydrogens is 252 g/mol. The molecule has 0 saturated carbocycles. The summed E-state index contributed by atoms with van der Waals surface area (Å²) in [6.45, 7) is 5.63. The lowest BCUT2D eigenvalue weighted by molar-refractivity contribution is -0.127. The maximum atomic E-state index is 11.9. The minimum Gasteiger partial charge on any atom is -0.481 e. The topological polar surface area (TPSA) is 50.4 Å². The molecule has 0 fully saturated rings. The third-order valence-corrected chi connectivity index (χ3v) is 3.55. The predicted molar refractivity (Wildman–Crippen MR) is 81.3 cm³/mol. The highest BCUT2D eigenvalue weighted by Gasteiger charge is 2.18. The molecule has 20 heavy (non-hydrogen) atoms. The minimum atomic E-state index is -0.458. The van der Waals surface area contributed by atoms with Gasteiger partial charge in [-0.2, -0.15) is 0 Å². The van der Waals surface area contributed by atoms with Gasteiger partial charge in [-0.05, 0) is 38.3 Å². The number of anilines is 1. The molecular formula is C16H24N2O2. The Hall–Kier alpha value is -1.71. The molecule has 1 aromatic rings.